The third kappa shape index (κ3) is 5.73. The standard InChI is InChI=1S/C23H29N3O4/c1-17(30-23(29)20-7-3-4-8-21(20)24-13-16-27)22(28)25-18-9-11-19(12-10-18)26-14-5-2-6-15-26/h3-4,7-12,17,24,27H,2,5-6,13-16H2,1H3,(H,25,28)/t17-/m0/s1. The predicted octanol–water partition coefficient (Wildman–Crippen LogP) is 3.27. The molecule has 1 atom stereocenters. The monoisotopic (exact) mass is 411 g/mol. The molecule has 1 saturated heterocycles. The van der Waals surface area contributed by atoms with Gasteiger partial charge in [-0.2, -0.15) is 0 Å². The Hall–Kier alpha value is -3.06. The molecule has 30 heavy (non-hydrogen) atoms. The van der Waals surface area contributed by atoms with Crippen LogP contribution in [0, 0.1) is 0 Å². The van der Waals surface area contributed by atoms with Crippen molar-refractivity contribution in [1.82, 2.24) is 0 Å². The number of carbonyl (C=O) groups excluding carboxylic acids is 2. The van der Waals surface area contributed by atoms with Crippen molar-refractivity contribution in [2.45, 2.75) is 32.3 Å². The molecule has 7 nitrogen and oxygen atoms in total. The average Bonchev–Trinajstić information content (AvgIpc) is 2.78. The number of piperidine rings is 1. The maximum Gasteiger partial charge on any atom is 0.341 e. The number of nitrogens with one attached hydrogen (secondary N) is 2. The fourth-order valence-electron chi connectivity index (χ4n) is 3.43. The first-order valence-corrected chi connectivity index (χ1v) is 10.4. The topological polar surface area (TPSA) is 90.9 Å². The summed E-state index contributed by atoms with van der Waals surface area (Å²) < 4.78 is 5.35. The van der Waals surface area contributed by atoms with Crippen molar-refractivity contribution < 1.29 is 19.4 Å². The van der Waals surface area contributed by atoms with Crippen LogP contribution in [0.1, 0.15) is 36.5 Å². The molecule has 0 aliphatic carbocycles. The molecule has 0 spiro atoms. The fourth-order valence-corrected chi connectivity index (χ4v) is 3.43. The van der Waals surface area contributed by atoms with Crippen LogP contribution in [0.2, 0.25) is 0 Å². The Morgan fingerprint density at radius 3 is 2.47 bits per heavy atom. The van der Waals surface area contributed by atoms with Crippen molar-refractivity contribution in [3.8, 4) is 0 Å². The molecule has 0 unspecified atom stereocenters. The molecule has 0 radical (unpaired) electrons. The van der Waals surface area contributed by atoms with Crippen LogP contribution in [-0.4, -0.2) is 49.3 Å². The second-order valence-corrected chi connectivity index (χ2v) is 7.33. The minimum atomic E-state index is -0.954. The number of carbonyl (C=O) groups is 2. The summed E-state index contributed by atoms with van der Waals surface area (Å²) in [7, 11) is 0. The number of benzene rings is 2. The van der Waals surface area contributed by atoms with E-state index >= 15 is 0 Å². The number of rotatable bonds is 8. The first-order valence-electron chi connectivity index (χ1n) is 10.4. The highest BCUT2D eigenvalue weighted by Gasteiger charge is 2.21. The van der Waals surface area contributed by atoms with Gasteiger partial charge in [0, 0.05) is 36.7 Å². The summed E-state index contributed by atoms with van der Waals surface area (Å²) in [5.41, 5.74) is 2.68. The van der Waals surface area contributed by atoms with Gasteiger partial charge in [0.15, 0.2) is 6.10 Å². The number of para-hydroxylation sites is 1. The smallest absolute Gasteiger partial charge is 0.341 e. The highest BCUT2D eigenvalue weighted by molar-refractivity contribution is 5.99. The van der Waals surface area contributed by atoms with Gasteiger partial charge in [0.05, 0.1) is 12.2 Å². The van der Waals surface area contributed by atoms with E-state index < -0.39 is 18.0 Å². The number of ether oxygens (including phenoxy) is 1. The molecule has 2 aromatic rings. The second-order valence-electron chi connectivity index (χ2n) is 7.33. The zero-order chi connectivity index (χ0) is 21.3. The van der Waals surface area contributed by atoms with E-state index in [0.717, 1.165) is 18.8 Å². The van der Waals surface area contributed by atoms with Gasteiger partial charge in [0.25, 0.3) is 5.91 Å². The number of esters is 1. The summed E-state index contributed by atoms with van der Waals surface area (Å²) >= 11 is 0. The van der Waals surface area contributed by atoms with Gasteiger partial charge in [0.1, 0.15) is 0 Å². The van der Waals surface area contributed by atoms with E-state index in [9.17, 15) is 9.59 Å². The maximum absolute atomic E-state index is 12.5. The third-order valence-corrected chi connectivity index (χ3v) is 5.08. The largest absolute Gasteiger partial charge is 0.449 e. The molecule has 1 aliphatic rings. The fraction of sp³-hybridized carbons (Fsp3) is 0.391. The lowest BCUT2D eigenvalue weighted by molar-refractivity contribution is -0.123. The molecular formula is C23H29N3O4. The molecule has 0 saturated carbocycles. The van der Waals surface area contributed by atoms with Gasteiger partial charge >= 0.3 is 5.97 Å². The summed E-state index contributed by atoms with van der Waals surface area (Å²) in [5.74, 6) is -0.992. The van der Waals surface area contributed by atoms with Gasteiger partial charge in [-0.15, -0.1) is 0 Å². The Morgan fingerprint density at radius 1 is 1.07 bits per heavy atom. The zero-order valence-electron chi connectivity index (χ0n) is 17.3. The molecule has 0 aromatic heterocycles. The Labute approximate surface area is 177 Å². The van der Waals surface area contributed by atoms with Crippen LogP contribution in [0.5, 0.6) is 0 Å². The lowest BCUT2D eigenvalue weighted by Gasteiger charge is -2.28. The van der Waals surface area contributed by atoms with Crippen molar-refractivity contribution in [2.75, 3.05) is 41.8 Å². The summed E-state index contributed by atoms with van der Waals surface area (Å²) in [4.78, 5) is 27.3. The number of aliphatic hydroxyl groups is 1. The van der Waals surface area contributed by atoms with E-state index in [1.807, 2.05) is 24.3 Å². The third-order valence-electron chi connectivity index (χ3n) is 5.08. The first-order chi connectivity index (χ1) is 14.6. The number of hydrogen-bond donors (Lipinski definition) is 3. The van der Waals surface area contributed by atoms with Gasteiger partial charge in [-0.1, -0.05) is 12.1 Å². The molecule has 1 aliphatic heterocycles. The second kappa shape index (κ2) is 10.6. The highest BCUT2D eigenvalue weighted by atomic mass is 16.5. The van der Waals surface area contributed by atoms with Crippen LogP contribution in [0.3, 0.4) is 0 Å². The van der Waals surface area contributed by atoms with E-state index in [-0.39, 0.29) is 6.61 Å². The minimum Gasteiger partial charge on any atom is -0.449 e. The van der Waals surface area contributed by atoms with Gasteiger partial charge in [-0.05, 0) is 62.6 Å². The van der Waals surface area contributed by atoms with E-state index in [4.69, 9.17) is 9.84 Å². The number of anilines is 3. The SMILES string of the molecule is C[C@H](OC(=O)c1ccccc1NCCO)C(=O)Nc1ccc(N2CCCCC2)cc1. The van der Waals surface area contributed by atoms with Crippen LogP contribution in [-0.2, 0) is 9.53 Å². The van der Waals surface area contributed by atoms with Crippen LogP contribution < -0.4 is 15.5 Å². The first kappa shape index (κ1) is 21.6. The van der Waals surface area contributed by atoms with Crippen LogP contribution in [0.15, 0.2) is 48.5 Å². The summed E-state index contributed by atoms with van der Waals surface area (Å²) in [6.07, 6.45) is 2.74. The molecule has 3 N–H and O–H groups in total. The van der Waals surface area contributed by atoms with Gasteiger partial charge < -0.3 is 25.4 Å². The normalized spacial score (nSPS) is 14.7. The van der Waals surface area contributed by atoms with Crippen molar-refractivity contribution in [3.05, 3.63) is 54.1 Å². The quantitative estimate of drug-likeness (QED) is 0.578. The molecule has 1 amide bonds. The van der Waals surface area contributed by atoms with Crippen molar-refractivity contribution in [2.24, 2.45) is 0 Å². The predicted molar refractivity (Wildman–Crippen MR) is 118 cm³/mol. The van der Waals surface area contributed by atoms with E-state index in [1.54, 1.807) is 31.2 Å². The Balaban J connectivity index is 1.56. The summed E-state index contributed by atoms with van der Waals surface area (Å²) in [5, 5.41) is 14.7. The van der Waals surface area contributed by atoms with Crippen molar-refractivity contribution in [1.29, 1.82) is 0 Å². The van der Waals surface area contributed by atoms with Crippen LogP contribution in [0.25, 0.3) is 0 Å². The number of aliphatic hydroxyl groups excluding tert-OH is 1. The number of amides is 1. The zero-order valence-corrected chi connectivity index (χ0v) is 17.3. The molecule has 0 bridgehead atoms. The van der Waals surface area contributed by atoms with Gasteiger partial charge in [-0.3, -0.25) is 4.79 Å². The Bertz CT molecular complexity index is 848. The van der Waals surface area contributed by atoms with Gasteiger partial charge in [0.2, 0.25) is 0 Å². The van der Waals surface area contributed by atoms with Crippen LogP contribution in [0.4, 0.5) is 17.1 Å². The highest BCUT2D eigenvalue weighted by Crippen LogP contribution is 2.22. The van der Waals surface area contributed by atoms with Crippen LogP contribution >= 0.6 is 0 Å². The lowest BCUT2D eigenvalue weighted by Crippen LogP contribution is -2.30. The summed E-state index contributed by atoms with van der Waals surface area (Å²) in [6, 6.07) is 14.6. The lowest BCUT2D eigenvalue weighted by atomic mass is 10.1. The maximum atomic E-state index is 12.5. The summed E-state index contributed by atoms with van der Waals surface area (Å²) in [6.45, 7) is 3.92. The van der Waals surface area contributed by atoms with Crippen molar-refractivity contribution in [3.63, 3.8) is 0 Å². The molecule has 1 heterocycles. The van der Waals surface area contributed by atoms with E-state index in [0.29, 0.717) is 23.5 Å². The number of hydrogen-bond acceptors (Lipinski definition) is 6. The van der Waals surface area contributed by atoms with E-state index in [1.165, 1.54) is 19.3 Å². The van der Waals surface area contributed by atoms with Gasteiger partial charge in [-0.25, -0.2) is 4.79 Å². The molecule has 160 valence electrons. The number of nitrogens with zero attached hydrogens (tertiary/aromatic N) is 1. The van der Waals surface area contributed by atoms with E-state index in [2.05, 4.69) is 15.5 Å². The molecule has 7 heteroatoms. The molecule has 3 rings (SSSR count). The Morgan fingerprint density at radius 2 is 1.77 bits per heavy atom. The average molecular weight is 412 g/mol. The molecular weight excluding hydrogens is 382 g/mol. The molecule has 1 fully saturated rings. The minimum absolute atomic E-state index is 0.0568. The van der Waals surface area contributed by atoms with Crippen molar-refractivity contribution >= 4 is 28.9 Å². The Kier molecular flexibility index (Phi) is 7.68. The molecule has 2 aromatic carbocycles.